The zero-order valence-electron chi connectivity index (χ0n) is 6.44. The summed E-state index contributed by atoms with van der Waals surface area (Å²) in [7, 11) is 0. The van der Waals surface area contributed by atoms with Crippen LogP contribution in [0.15, 0.2) is 0 Å². The summed E-state index contributed by atoms with van der Waals surface area (Å²) in [5, 5.41) is 24.1. The summed E-state index contributed by atoms with van der Waals surface area (Å²) in [5.41, 5.74) is 0. The van der Waals surface area contributed by atoms with Crippen LogP contribution in [0.4, 0.5) is 0 Å². The van der Waals surface area contributed by atoms with Crippen LogP contribution < -0.4 is 51.4 Å². The first-order valence-corrected chi connectivity index (χ1v) is 2.16. The Morgan fingerprint density at radius 3 is 1.90 bits per heavy atom. The van der Waals surface area contributed by atoms with E-state index in [1.165, 1.54) is 0 Å². The third kappa shape index (κ3) is 6.65. The summed E-state index contributed by atoms with van der Waals surface area (Å²) in [6.07, 6.45) is -2.54. The second-order valence-electron chi connectivity index (χ2n) is 1.45. The van der Waals surface area contributed by atoms with Crippen LogP contribution in [0.25, 0.3) is 0 Å². The Kier molecular flexibility index (Phi) is 8.23. The minimum Gasteiger partial charge on any atom is -1.00 e. The maximum Gasteiger partial charge on any atom is 1.00 e. The molecule has 1 atom stereocenters. The van der Waals surface area contributed by atoms with Gasteiger partial charge in [0.15, 0.2) is 6.10 Å². The van der Waals surface area contributed by atoms with Gasteiger partial charge in [0, 0.05) is 0 Å². The molecular weight excluding hydrogens is 167 g/mol. The number of hydrogen-bond donors (Lipinski definition) is 3. The molecule has 0 saturated carbocycles. The first-order valence-electron chi connectivity index (χ1n) is 2.16. The normalized spacial score (nSPS) is 11.3. The molecule has 0 bridgehead atoms. The monoisotopic (exact) mass is 174 g/mol. The molecule has 0 spiro atoms. The van der Waals surface area contributed by atoms with Crippen molar-refractivity contribution in [2.75, 3.05) is 0 Å². The average Bonchev–Trinajstić information content (AvgIpc) is 1.63. The van der Waals surface area contributed by atoms with Gasteiger partial charge in [0.25, 0.3) is 0 Å². The molecule has 0 radical (unpaired) electrons. The number of carboxylic acid groups (broad SMARTS) is 2. The molecule has 0 rings (SSSR count). The predicted molar refractivity (Wildman–Crippen MR) is 27.0 cm³/mol. The number of carboxylic acids is 2. The van der Waals surface area contributed by atoms with Gasteiger partial charge in [-0.3, -0.25) is 4.79 Å². The molecule has 0 amide bonds. The van der Waals surface area contributed by atoms with E-state index in [1.54, 1.807) is 0 Å². The first-order chi connectivity index (χ1) is 4.04. The molecule has 3 N–H and O–H groups in total. The molecule has 0 aliphatic heterocycles. The minimum atomic E-state index is -1.79. The van der Waals surface area contributed by atoms with Gasteiger partial charge in [0.2, 0.25) is 0 Å². The summed E-state index contributed by atoms with van der Waals surface area (Å²) in [6.45, 7) is 0. The Morgan fingerprint density at radius 2 is 1.80 bits per heavy atom. The number of aliphatic hydroxyl groups is 1. The SMILES string of the molecule is O=C(O)C[C@@H](O)C(=O)O.[H-].[K+]. The van der Waals surface area contributed by atoms with Gasteiger partial charge >= 0.3 is 63.3 Å². The smallest absolute Gasteiger partial charge is 1.00 e. The van der Waals surface area contributed by atoms with Gasteiger partial charge < -0.3 is 16.7 Å². The van der Waals surface area contributed by atoms with Crippen molar-refractivity contribution in [1.29, 1.82) is 0 Å². The molecule has 0 aromatic rings. The van der Waals surface area contributed by atoms with Gasteiger partial charge in [0.1, 0.15) is 0 Å². The van der Waals surface area contributed by atoms with Gasteiger partial charge in [0.05, 0.1) is 6.42 Å². The third-order valence-electron chi connectivity index (χ3n) is 0.653. The Bertz CT molecular complexity index is 138. The molecule has 0 saturated heterocycles. The fourth-order valence-corrected chi connectivity index (χ4v) is 0.253. The van der Waals surface area contributed by atoms with Crippen molar-refractivity contribution < 1.29 is 77.7 Å². The molecule has 0 fully saturated rings. The Balaban J connectivity index is -0.000000320. The van der Waals surface area contributed by atoms with Crippen molar-refractivity contribution in [2.45, 2.75) is 12.5 Å². The summed E-state index contributed by atoms with van der Waals surface area (Å²) in [5.74, 6) is -2.85. The molecule has 0 heterocycles. The molecule has 10 heavy (non-hydrogen) atoms. The Labute approximate surface area is 101 Å². The standard InChI is InChI=1S/C4H6O5.K.H/c5-2(4(8)9)1-3(6)7;;/h2,5H,1H2,(H,6,7)(H,8,9);;/q;+1;-1/t2-;;/m1../s1. The average molecular weight is 174 g/mol. The van der Waals surface area contributed by atoms with E-state index in [0.29, 0.717) is 0 Å². The van der Waals surface area contributed by atoms with Crippen molar-refractivity contribution in [3.63, 3.8) is 0 Å². The van der Waals surface area contributed by atoms with Gasteiger partial charge in [-0.05, 0) is 0 Å². The summed E-state index contributed by atoms with van der Waals surface area (Å²) >= 11 is 0. The van der Waals surface area contributed by atoms with Crippen LogP contribution in [-0.2, 0) is 9.59 Å². The van der Waals surface area contributed by atoms with Gasteiger partial charge in [-0.2, -0.15) is 0 Å². The number of carbonyl (C=O) groups is 2. The van der Waals surface area contributed by atoms with Crippen molar-refractivity contribution in [2.24, 2.45) is 0 Å². The number of aliphatic hydroxyl groups excluding tert-OH is 1. The maximum absolute atomic E-state index is 9.72. The molecule has 54 valence electrons. The first kappa shape index (κ1) is 13.1. The van der Waals surface area contributed by atoms with Crippen molar-refractivity contribution in [3.8, 4) is 0 Å². The summed E-state index contributed by atoms with van der Waals surface area (Å²) < 4.78 is 0. The van der Waals surface area contributed by atoms with Crippen LogP contribution in [0.5, 0.6) is 0 Å². The minimum absolute atomic E-state index is 0. The molecule has 5 nitrogen and oxygen atoms in total. The second-order valence-corrected chi connectivity index (χ2v) is 1.45. The number of hydrogen-bond acceptors (Lipinski definition) is 3. The number of rotatable bonds is 3. The zero-order valence-corrected chi connectivity index (χ0v) is 8.57. The van der Waals surface area contributed by atoms with E-state index >= 15 is 0 Å². The number of aliphatic carboxylic acids is 2. The van der Waals surface area contributed by atoms with E-state index in [1.807, 2.05) is 0 Å². The van der Waals surface area contributed by atoms with E-state index in [9.17, 15) is 9.59 Å². The topological polar surface area (TPSA) is 94.8 Å². The van der Waals surface area contributed by atoms with Crippen LogP contribution in [0.1, 0.15) is 7.85 Å². The molecule has 0 unspecified atom stereocenters. The molecule has 0 aromatic heterocycles. The fourth-order valence-electron chi connectivity index (χ4n) is 0.253. The van der Waals surface area contributed by atoms with Crippen LogP contribution in [-0.4, -0.2) is 33.4 Å². The van der Waals surface area contributed by atoms with E-state index in [4.69, 9.17) is 15.3 Å². The van der Waals surface area contributed by atoms with E-state index in [2.05, 4.69) is 0 Å². The fraction of sp³-hybridized carbons (Fsp3) is 0.500. The zero-order chi connectivity index (χ0) is 7.44. The van der Waals surface area contributed by atoms with Crippen molar-refractivity contribution >= 4 is 11.9 Å². The van der Waals surface area contributed by atoms with Crippen molar-refractivity contribution in [1.82, 2.24) is 0 Å². The summed E-state index contributed by atoms with van der Waals surface area (Å²) in [6, 6.07) is 0. The predicted octanol–water partition coefficient (Wildman–Crippen LogP) is -3.98. The van der Waals surface area contributed by atoms with Gasteiger partial charge in [-0.1, -0.05) is 0 Å². The van der Waals surface area contributed by atoms with E-state index < -0.39 is 24.5 Å². The largest absolute Gasteiger partial charge is 1.00 e. The van der Waals surface area contributed by atoms with Crippen LogP contribution in [0.3, 0.4) is 0 Å². The molecule has 0 aliphatic carbocycles. The van der Waals surface area contributed by atoms with Crippen LogP contribution in [0, 0.1) is 0 Å². The molecular formula is C4H7KO5. The van der Waals surface area contributed by atoms with Crippen LogP contribution in [0.2, 0.25) is 0 Å². The second kappa shape index (κ2) is 6.26. The molecule has 6 heteroatoms. The van der Waals surface area contributed by atoms with Crippen LogP contribution >= 0.6 is 0 Å². The summed E-state index contributed by atoms with van der Waals surface area (Å²) in [4.78, 5) is 19.4. The van der Waals surface area contributed by atoms with Crippen molar-refractivity contribution in [3.05, 3.63) is 0 Å². The van der Waals surface area contributed by atoms with Gasteiger partial charge in [-0.15, -0.1) is 0 Å². The van der Waals surface area contributed by atoms with E-state index in [-0.39, 0.29) is 52.8 Å². The quantitative estimate of drug-likeness (QED) is 0.379. The molecule has 0 aliphatic rings. The molecule has 0 aromatic carbocycles. The maximum atomic E-state index is 9.72. The van der Waals surface area contributed by atoms with E-state index in [0.717, 1.165) is 0 Å². The Hall–Kier alpha value is 0.536. The third-order valence-corrected chi connectivity index (χ3v) is 0.653. The Morgan fingerprint density at radius 1 is 1.40 bits per heavy atom. The van der Waals surface area contributed by atoms with Gasteiger partial charge in [-0.25, -0.2) is 4.79 Å².